The van der Waals surface area contributed by atoms with Gasteiger partial charge in [-0.15, -0.1) is 0 Å². The van der Waals surface area contributed by atoms with Crippen LogP contribution in [0.2, 0.25) is 0 Å². The molecule has 5 heteroatoms. The summed E-state index contributed by atoms with van der Waals surface area (Å²) in [6.07, 6.45) is 2.13. The molecule has 0 radical (unpaired) electrons. The molecular weight excluding hydrogens is 436 g/mol. The standard InChI is InChI=1S/C30H30N2O3/c1-23-13-15-24(16-14-23)21-30(25-9-5-3-6-10-25,26-11-7-4-8-12-26)29(33)32-27-17-18-28(31-22-27)35-20-19-34-2/h3-18,22H,19-21H2,1-2H3,(H,32,33). The molecule has 0 aliphatic heterocycles. The fourth-order valence-corrected chi connectivity index (χ4v) is 4.18. The summed E-state index contributed by atoms with van der Waals surface area (Å²) >= 11 is 0. The number of hydrogen-bond donors (Lipinski definition) is 1. The van der Waals surface area contributed by atoms with Crippen molar-refractivity contribution in [3.63, 3.8) is 0 Å². The number of ether oxygens (including phenoxy) is 2. The Morgan fingerprint density at radius 1 is 0.829 bits per heavy atom. The lowest BCUT2D eigenvalue weighted by Gasteiger charge is -2.34. The molecular formula is C30H30N2O3. The number of anilines is 1. The second-order valence-electron chi connectivity index (χ2n) is 8.48. The number of rotatable bonds is 10. The highest BCUT2D eigenvalue weighted by Crippen LogP contribution is 2.37. The highest BCUT2D eigenvalue weighted by Gasteiger charge is 2.42. The fraction of sp³-hybridized carbons (Fsp3) is 0.200. The molecule has 35 heavy (non-hydrogen) atoms. The molecule has 5 nitrogen and oxygen atoms in total. The maximum atomic E-state index is 14.2. The van der Waals surface area contributed by atoms with Crippen LogP contribution >= 0.6 is 0 Å². The van der Waals surface area contributed by atoms with Gasteiger partial charge in [-0.05, 0) is 36.1 Å². The van der Waals surface area contributed by atoms with Crippen LogP contribution in [-0.2, 0) is 21.4 Å². The first-order valence-electron chi connectivity index (χ1n) is 11.7. The van der Waals surface area contributed by atoms with Gasteiger partial charge in [0.2, 0.25) is 11.8 Å². The van der Waals surface area contributed by atoms with E-state index in [1.807, 2.05) is 60.7 Å². The topological polar surface area (TPSA) is 60.5 Å². The van der Waals surface area contributed by atoms with Gasteiger partial charge in [0.15, 0.2) is 0 Å². The normalized spacial score (nSPS) is 11.1. The van der Waals surface area contributed by atoms with E-state index in [2.05, 4.69) is 41.5 Å². The molecule has 0 atom stereocenters. The number of carbonyl (C=O) groups is 1. The van der Waals surface area contributed by atoms with Crippen LogP contribution in [-0.4, -0.2) is 31.2 Å². The van der Waals surface area contributed by atoms with E-state index < -0.39 is 5.41 Å². The van der Waals surface area contributed by atoms with Crippen molar-refractivity contribution in [3.05, 3.63) is 126 Å². The van der Waals surface area contributed by atoms with E-state index in [1.165, 1.54) is 5.56 Å². The molecule has 1 N–H and O–H groups in total. The minimum absolute atomic E-state index is 0.120. The summed E-state index contributed by atoms with van der Waals surface area (Å²) in [5.74, 6) is 0.363. The van der Waals surface area contributed by atoms with Crippen LogP contribution in [0.4, 0.5) is 5.69 Å². The SMILES string of the molecule is COCCOc1ccc(NC(=O)C(Cc2ccc(C)cc2)(c2ccccc2)c2ccccc2)cn1. The molecule has 0 saturated carbocycles. The number of amides is 1. The molecule has 4 rings (SSSR count). The average Bonchev–Trinajstić information content (AvgIpc) is 2.90. The molecule has 0 aliphatic carbocycles. The second-order valence-corrected chi connectivity index (χ2v) is 8.48. The third-order valence-electron chi connectivity index (χ3n) is 6.04. The van der Waals surface area contributed by atoms with Crippen LogP contribution in [0.5, 0.6) is 5.88 Å². The van der Waals surface area contributed by atoms with Crippen LogP contribution < -0.4 is 10.1 Å². The molecule has 0 aliphatic rings. The van der Waals surface area contributed by atoms with E-state index in [9.17, 15) is 4.79 Å². The molecule has 1 heterocycles. The van der Waals surface area contributed by atoms with Crippen LogP contribution in [0.3, 0.4) is 0 Å². The molecule has 3 aromatic carbocycles. The third kappa shape index (κ3) is 5.76. The summed E-state index contributed by atoms with van der Waals surface area (Å²) in [5, 5.41) is 3.12. The Morgan fingerprint density at radius 2 is 1.46 bits per heavy atom. The fourth-order valence-electron chi connectivity index (χ4n) is 4.18. The highest BCUT2D eigenvalue weighted by atomic mass is 16.5. The third-order valence-corrected chi connectivity index (χ3v) is 6.04. The minimum Gasteiger partial charge on any atom is -0.475 e. The first-order chi connectivity index (χ1) is 17.1. The Bertz CT molecular complexity index is 1170. The Balaban J connectivity index is 1.73. The van der Waals surface area contributed by atoms with Gasteiger partial charge in [0.05, 0.1) is 18.5 Å². The number of nitrogens with zero attached hydrogens (tertiary/aromatic N) is 1. The second kappa shape index (κ2) is 11.4. The lowest BCUT2D eigenvalue weighted by Crippen LogP contribution is -2.43. The first kappa shape index (κ1) is 24.2. The van der Waals surface area contributed by atoms with Crippen molar-refractivity contribution < 1.29 is 14.3 Å². The van der Waals surface area contributed by atoms with Crippen molar-refractivity contribution in [2.75, 3.05) is 25.6 Å². The predicted molar refractivity (Wildman–Crippen MR) is 139 cm³/mol. The van der Waals surface area contributed by atoms with Gasteiger partial charge >= 0.3 is 0 Å². The van der Waals surface area contributed by atoms with Crippen molar-refractivity contribution in [1.82, 2.24) is 4.98 Å². The van der Waals surface area contributed by atoms with Gasteiger partial charge in [-0.2, -0.15) is 0 Å². The van der Waals surface area contributed by atoms with E-state index in [1.54, 1.807) is 25.4 Å². The van der Waals surface area contributed by atoms with Crippen molar-refractivity contribution in [2.24, 2.45) is 0 Å². The zero-order chi connectivity index (χ0) is 24.5. The van der Waals surface area contributed by atoms with E-state index in [0.717, 1.165) is 16.7 Å². The predicted octanol–water partition coefficient (Wildman–Crippen LogP) is 5.58. The summed E-state index contributed by atoms with van der Waals surface area (Å²) in [7, 11) is 1.62. The molecule has 0 fully saturated rings. The van der Waals surface area contributed by atoms with Gasteiger partial charge < -0.3 is 14.8 Å². The number of pyridine rings is 1. The number of aryl methyl sites for hydroxylation is 1. The summed E-state index contributed by atoms with van der Waals surface area (Å²) in [4.78, 5) is 18.5. The molecule has 0 spiro atoms. The lowest BCUT2D eigenvalue weighted by molar-refractivity contribution is -0.120. The summed E-state index contributed by atoms with van der Waals surface area (Å²) in [6, 6.07) is 31.8. The number of carbonyl (C=O) groups excluding carboxylic acids is 1. The smallest absolute Gasteiger partial charge is 0.239 e. The molecule has 1 aromatic heterocycles. The van der Waals surface area contributed by atoms with Gasteiger partial charge in [-0.3, -0.25) is 4.79 Å². The number of nitrogens with one attached hydrogen (secondary N) is 1. The first-order valence-corrected chi connectivity index (χ1v) is 11.7. The summed E-state index contributed by atoms with van der Waals surface area (Å²) in [5.41, 5.74) is 3.79. The van der Waals surface area contributed by atoms with Gasteiger partial charge in [-0.25, -0.2) is 4.98 Å². The Hall–Kier alpha value is -3.96. The van der Waals surface area contributed by atoms with Gasteiger partial charge in [0.1, 0.15) is 12.0 Å². The maximum absolute atomic E-state index is 14.2. The van der Waals surface area contributed by atoms with Crippen molar-refractivity contribution in [2.45, 2.75) is 18.8 Å². The average molecular weight is 467 g/mol. The van der Waals surface area contributed by atoms with Gasteiger partial charge in [0.25, 0.3) is 0 Å². The van der Waals surface area contributed by atoms with Crippen molar-refractivity contribution in [3.8, 4) is 5.88 Å². The van der Waals surface area contributed by atoms with Crippen molar-refractivity contribution >= 4 is 11.6 Å². The van der Waals surface area contributed by atoms with E-state index in [-0.39, 0.29) is 5.91 Å². The zero-order valence-corrected chi connectivity index (χ0v) is 20.1. The molecule has 0 bridgehead atoms. The van der Waals surface area contributed by atoms with Crippen LogP contribution in [0.25, 0.3) is 0 Å². The van der Waals surface area contributed by atoms with E-state index in [0.29, 0.717) is 31.2 Å². The molecule has 4 aromatic rings. The molecule has 1 amide bonds. The summed E-state index contributed by atoms with van der Waals surface area (Å²) in [6.45, 7) is 2.96. The monoisotopic (exact) mass is 466 g/mol. The Labute approximate surface area is 206 Å². The van der Waals surface area contributed by atoms with Crippen LogP contribution in [0, 0.1) is 6.92 Å². The number of benzene rings is 3. The number of hydrogen-bond acceptors (Lipinski definition) is 4. The van der Waals surface area contributed by atoms with Gasteiger partial charge in [-0.1, -0.05) is 90.5 Å². The van der Waals surface area contributed by atoms with Gasteiger partial charge in [0, 0.05) is 13.2 Å². The number of aromatic nitrogens is 1. The largest absolute Gasteiger partial charge is 0.475 e. The molecule has 0 unspecified atom stereocenters. The zero-order valence-electron chi connectivity index (χ0n) is 20.1. The van der Waals surface area contributed by atoms with E-state index in [4.69, 9.17) is 9.47 Å². The van der Waals surface area contributed by atoms with Crippen LogP contribution in [0.15, 0.2) is 103 Å². The number of methoxy groups -OCH3 is 1. The Kier molecular flexibility index (Phi) is 7.91. The summed E-state index contributed by atoms with van der Waals surface area (Å²) < 4.78 is 10.6. The molecule has 178 valence electrons. The van der Waals surface area contributed by atoms with Crippen molar-refractivity contribution in [1.29, 1.82) is 0 Å². The quantitative estimate of drug-likeness (QED) is 0.310. The minimum atomic E-state index is -0.939. The van der Waals surface area contributed by atoms with Crippen LogP contribution in [0.1, 0.15) is 22.3 Å². The van der Waals surface area contributed by atoms with E-state index >= 15 is 0 Å². The Morgan fingerprint density at radius 3 is 2.00 bits per heavy atom. The molecule has 0 saturated heterocycles. The lowest BCUT2D eigenvalue weighted by atomic mass is 9.69. The highest BCUT2D eigenvalue weighted by molar-refractivity contribution is 6.02. The maximum Gasteiger partial charge on any atom is 0.239 e.